The Morgan fingerprint density at radius 1 is 1.14 bits per heavy atom. The summed E-state index contributed by atoms with van der Waals surface area (Å²) < 4.78 is 0. The second kappa shape index (κ2) is 5.72. The third kappa shape index (κ3) is 2.80. The van der Waals surface area contributed by atoms with E-state index in [2.05, 4.69) is 44.7 Å². The third-order valence-electron chi connectivity index (χ3n) is 5.65. The summed E-state index contributed by atoms with van der Waals surface area (Å²) in [6, 6.07) is 10.8. The predicted molar refractivity (Wildman–Crippen MR) is 90.6 cm³/mol. The van der Waals surface area contributed by atoms with Crippen molar-refractivity contribution in [2.75, 3.05) is 6.54 Å². The number of benzene rings is 1. The molecule has 2 fully saturated rings. The van der Waals surface area contributed by atoms with E-state index >= 15 is 0 Å². The van der Waals surface area contributed by atoms with E-state index in [4.69, 9.17) is 0 Å². The van der Waals surface area contributed by atoms with Crippen molar-refractivity contribution >= 4 is 5.91 Å². The minimum atomic E-state index is -0.00338. The highest BCUT2D eigenvalue weighted by atomic mass is 16.2. The van der Waals surface area contributed by atoms with Gasteiger partial charge in [0, 0.05) is 12.6 Å². The minimum Gasteiger partial charge on any atom is -0.338 e. The maximum atomic E-state index is 13.3. The van der Waals surface area contributed by atoms with Gasteiger partial charge in [0.1, 0.15) is 0 Å². The molecule has 1 aliphatic heterocycles. The monoisotopic (exact) mass is 299 g/mol. The van der Waals surface area contributed by atoms with Crippen LogP contribution in [0.1, 0.15) is 58.4 Å². The molecule has 2 heteroatoms. The zero-order chi connectivity index (χ0) is 15.9. The predicted octanol–water partition coefficient (Wildman–Crippen LogP) is 4.46. The van der Waals surface area contributed by atoms with Crippen molar-refractivity contribution in [3.63, 3.8) is 0 Å². The molecule has 2 nitrogen and oxygen atoms in total. The molecule has 0 radical (unpaired) electrons. The normalized spacial score (nSPS) is 24.3. The van der Waals surface area contributed by atoms with Crippen molar-refractivity contribution in [3.05, 3.63) is 35.9 Å². The summed E-state index contributed by atoms with van der Waals surface area (Å²) in [6.45, 7) is 9.86. The van der Waals surface area contributed by atoms with Crippen molar-refractivity contribution in [2.45, 2.75) is 58.9 Å². The number of likely N-dealkylation sites (tertiary alicyclic amines) is 1. The first-order chi connectivity index (χ1) is 10.4. The van der Waals surface area contributed by atoms with Gasteiger partial charge < -0.3 is 4.90 Å². The average Bonchev–Trinajstić information content (AvgIpc) is 3.10. The first kappa shape index (κ1) is 15.6. The fourth-order valence-corrected chi connectivity index (χ4v) is 4.12. The maximum Gasteiger partial charge on any atom is 0.230 e. The molecule has 2 atom stereocenters. The smallest absolute Gasteiger partial charge is 0.230 e. The van der Waals surface area contributed by atoms with E-state index in [1.165, 1.54) is 24.8 Å². The van der Waals surface area contributed by atoms with Gasteiger partial charge in [-0.25, -0.2) is 0 Å². The van der Waals surface area contributed by atoms with Crippen molar-refractivity contribution < 1.29 is 4.79 Å². The van der Waals surface area contributed by atoms with Gasteiger partial charge in [-0.05, 0) is 42.1 Å². The topological polar surface area (TPSA) is 20.3 Å². The number of nitrogens with zero attached hydrogens (tertiary/aromatic N) is 1. The lowest BCUT2D eigenvalue weighted by Crippen LogP contribution is -2.42. The first-order valence-corrected chi connectivity index (χ1v) is 8.79. The minimum absolute atomic E-state index is 0.00338. The Bertz CT molecular complexity index is 530. The summed E-state index contributed by atoms with van der Waals surface area (Å²) in [5, 5.41) is 0. The molecule has 1 saturated carbocycles. The lowest BCUT2D eigenvalue weighted by atomic mass is 9.86. The molecule has 0 bridgehead atoms. The van der Waals surface area contributed by atoms with E-state index < -0.39 is 0 Å². The molecule has 2 aliphatic rings. The molecule has 1 unspecified atom stereocenters. The van der Waals surface area contributed by atoms with Gasteiger partial charge in [0.15, 0.2) is 0 Å². The lowest BCUT2D eigenvalue weighted by molar-refractivity contribution is -0.135. The molecule has 1 aromatic carbocycles. The van der Waals surface area contributed by atoms with Gasteiger partial charge in [-0.2, -0.15) is 0 Å². The molecule has 1 amide bonds. The van der Waals surface area contributed by atoms with Gasteiger partial charge in [0.2, 0.25) is 5.91 Å². The molecule has 1 spiro atoms. The van der Waals surface area contributed by atoms with E-state index in [1.54, 1.807) is 0 Å². The van der Waals surface area contributed by atoms with Crippen LogP contribution >= 0.6 is 0 Å². The molecule has 120 valence electrons. The molecule has 0 N–H and O–H groups in total. The lowest BCUT2D eigenvalue weighted by Gasteiger charge is -2.32. The van der Waals surface area contributed by atoms with Crippen molar-refractivity contribution in [1.82, 2.24) is 4.90 Å². The van der Waals surface area contributed by atoms with Crippen LogP contribution in [0.5, 0.6) is 0 Å². The van der Waals surface area contributed by atoms with E-state index in [0.717, 1.165) is 6.54 Å². The first-order valence-electron chi connectivity index (χ1n) is 8.79. The highest BCUT2D eigenvalue weighted by Gasteiger charge is 2.54. The van der Waals surface area contributed by atoms with Crippen LogP contribution in [0, 0.1) is 17.3 Å². The summed E-state index contributed by atoms with van der Waals surface area (Å²) in [7, 11) is 0. The molecular formula is C20H29NO. The summed E-state index contributed by atoms with van der Waals surface area (Å²) in [6.07, 6.45) is 3.85. The number of carbonyl (C=O) groups excluding carboxylic acids is 1. The van der Waals surface area contributed by atoms with Gasteiger partial charge >= 0.3 is 0 Å². The number of amides is 1. The van der Waals surface area contributed by atoms with Crippen LogP contribution in [-0.2, 0) is 4.79 Å². The van der Waals surface area contributed by atoms with Crippen LogP contribution in [0.2, 0.25) is 0 Å². The average molecular weight is 299 g/mol. The highest BCUT2D eigenvalue weighted by Crippen LogP contribution is 2.56. The Morgan fingerprint density at radius 3 is 2.27 bits per heavy atom. The van der Waals surface area contributed by atoms with Gasteiger partial charge in [0.05, 0.1) is 5.92 Å². The Labute approximate surface area is 134 Å². The van der Waals surface area contributed by atoms with Gasteiger partial charge in [-0.1, -0.05) is 58.0 Å². The van der Waals surface area contributed by atoms with Crippen LogP contribution in [0.25, 0.3) is 0 Å². The third-order valence-corrected chi connectivity index (χ3v) is 5.65. The zero-order valence-electron chi connectivity index (χ0n) is 14.4. The second-order valence-electron chi connectivity index (χ2n) is 8.11. The van der Waals surface area contributed by atoms with Crippen LogP contribution in [0.4, 0.5) is 0 Å². The summed E-state index contributed by atoms with van der Waals surface area (Å²) >= 11 is 0. The van der Waals surface area contributed by atoms with Crippen molar-refractivity contribution in [2.24, 2.45) is 17.3 Å². The summed E-state index contributed by atoms with van der Waals surface area (Å²) in [5.41, 5.74) is 1.64. The number of rotatable bonds is 4. The fourth-order valence-electron chi connectivity index (χ4n) is 4.12. The van der Waals surface area contributed by atoms with E-state index in [9.17, 15) is 4.79 Å². The zero-order valence-corrected chi connectivity index (χ0v) is 14.4. The Balaban J connectivity index is 1.87. The van der Waals surface area contributed by atoms with Crippen LogP contribution in [0.15, 0.2) is 30.3 Å². The second-order valence-corrected chi connectivity index (χ2v) is 8.11. The SMILES string of the molecule is CC(C)C(C(=O)N1CC2(CC2)C[C@H]1C(C)C)c1ccccc1. The van der Waals surface area contributed by atoms with Gasteiger partial charge in [-0.15, -0.1) is 0 Å². The molecule has 1 aliphatic carbocycles. The van der Waals surface area contributed by atoms with Crippen LogP contribution in [0.3, 0.4) is 0 Å². The Hall–Kier alpha value is -1.31. The Morgan fingerprint density at radius 2 is 1.77 bits per heavy atom. The molecular weight excluding hydrogens is 270 g/mol. The fraction of sp³-hybridized carbons (Fsp3) is 0.650. The highest BCUT2D eigenvalue weighted by molar-refractivity contribution is 5.84. The Kier molecular flexibility index (Phi) is 4.05. The van der Waals surface area contributed by atoms with Crippen LogP contribution in [-0.4, -0.2) is 23.4 Å². The van der Waals surface area contributed by atoms with E-state index in [1.807, 2.05) is 18.2 Å². The standard InChI is InChI=1S/C20H29NO/c1-14(2)17-12-20(10-11-20)13-21(17)19(22)18(15(3)4)16-8-6-5-7-9-16/h5-9,14-15,17-18H,10-13H2,1-4H3/t17-,18?/m0/s1. The maximum absolute atomic E-state index is 13.3. The number of hydrogen-bond donors (Lipinski definition) is 0. The molecule has 1 saturated heterocycles. The summed E-state index contributed by atoms with van der Waals surface area (Å²) in [5.74, 6) is 1.23. The van der Waals surface area contributed by atoms with E-state index in [-0.39, 0.29) is 5.92 Å². The number of hydrogen-bond acceptors (Lipinski definition) is 1. The van der Waals surface area contributed by atoms with Crippen molar-refractivity contribution in [3.8, 4) is 0 Å². The summed E-state index contributed by atoms with van der Waals surface area (Å²) in [4.78, 5) is 15.6. The largest absolute Gasteiger partial charge is 0.338 e. The number of carbonyl (C=O) groups is 1. The van der Waals surface area contributed by atoms with Gasteiger partial charge in [-0.3, -0.25) is 4.79 Å². The molecule has 0 aromatic heterocycles. The molecule has 3 rings (SSSR count). The quantitative estimate of drug-likeness (QED) is 0.803. The van der Waals surface area contributed by atoms with Gasteiger partial charge in [0.25, 0.3) is 0 Å². The van der Waals surface area contributed by atoms with E-state index in [0.29, 0.717) is 29.2 Å². The molecule has 22 heavy (non-hydrogen) atoms. The molecule has 1 aromatic rings. The molecule has 1 heterocycles. The van der Waals surface area contributed by atoms with Crippen LogP contribution < -0.4 is 0 Å². The van der Waals surface area contributed by atoms with Crippen molar-refractivity contribution in [1.29, 1.82) is 0 Å².